The molecule has 3 fully saturated rings. The number of piperazine rings is 1. The van der Waals surface area contributed by atoms with E-state index in [9.17, 15) is 27.6 Å². The van der Waals surface area contributed by atoms with Crippen LogP contribution in [0.3, 0.4) is 0 Å². The van der Waals surface area contributed by atoms with E-state index in [0.717, 1.165) is 56.3 Å². The number of rotatable bonds is 6. The molecule has 1 atom stereocenters. The molecular weight excluding hydrogens is 665 g/mol. The van der Waals surface area contributed by atoms with Crippen LogP contribution in [0.4, 0.5) is 28.4 Å². The molecule has 3 aromatic rings. The molecule has 4 aliphatic heterocycles. The van der Waals surface area contributed by atoms with E-state index in [2.05, 4.69) is 32.4 Å². The summed E-state index contributed by atoms with van der Waals surface area (Å²) in [4.78, 5) is 50.6. The molecule has 0 unspecified atom stereocenters. The third-order valence-corrected chi connectivity index (χ3v) is 11.0. The Bertz CT molecular complexity index is 1730. The highest BCUT2D eigenvalue weighted by Gasteiger charge is 2.38. The smallest absolute Gasteiger partial charge is 0.418 e. The Morgan fingerprint density at radius 1 is 0.922 bits per heavy atom. The summed E-state index contributed by atoms with van der Waals surface area (Å²) in [5.74, 6) is -0.406. The number of H-pyrrole nitrogens is 1. The minimum atomic E-state index is -4.65. The monoisotopic (exact) mass is 710 g/mol. The number of aromatic nitrogens is 2. The summed E-state index contributed by atoms with van der Waals surface area (Å²) < 4.78 is 48.1. The summed E-state index contributed by atoms with van der Waals surface area (Å²) in [5.41, 5.74) is 1.08. The van der Waals surface area contributed by atoms with Crippen LogP contribution in [0.2, 0.25) is 0 Å². The number of piperidine rings is 2. The number of hydrogen-bond donors (Lipinski definition) is 2. The number of para-hydroxylation sites is 1. The fourth-order valence-electron chi connectivity index (χ4n) is 7.99. The standard InChI is InChI=1S/C36H45F3N8O4/c1-43-16-18-44(19-17-43)27-7-11-45(12-8-27)33(48)31(22-24-20-26-23-40-42-32(26)29(21-24)36(37,38)39)51-35(50)46-13-9-28(10-14-46)47-15-6-25-4-2-3-5-30(25)41-34(47)49/h2-5,20-21,23,27-28,31H,6-19,22H2,1H3,(H,40,42)(H,41,49)/t31-/m1/s1. The van der Waals surface area contributed by atoms with Crippen LogP contribution >= 0.6 is 0 Å². The second-order valence-electron chi connectivity index (χ2n) is 14.2. The highest BCUT2D eigenvalue weighted by atomic mass is 19.4. The molecule has 2 aromatic carbocycles. The van der Waals surface area contributed by atoms with E-state index in [-0.39, 0.29) is 35.0 Å². The molecule has 4 amide bonds. The van der Waals surface area contributed by atoms with Crippen molar-refractivity contribution < 1.29 is 32.3 Å². The minimum absolute atomic E-state index is 0.0788. The molecule has 3 saturated heterocycles. The van der Waals surface area contributed by atoms with Crippen molar-refractivity contribution >= 4 is 34.6 Å². The Morgan fingerprint density at radius 2 is 1.61 bits per heavy atom. The molecule has 7 rings (SSSR count). The molecule has 0 saturated carbocycles. The van der Waals surface area contributed by atoms with E-state index in [1.165, 1.54) is 11.1 Å². The predicted octanol–water partition coefficient (Wildman–Crippen LogP) is 4.42. The molecule has 0 radical (unpaired) electrons. The number of nitrogens with one attached hydrogen (secondary N) is 2. The van der Waals surface area contributed by atoms with Crippen LogP contribution < -0.4 is 5.32 Å². The van der Waals surface area contributed by atoms with Crippen molar-refractivity contribution in [1.29, 1.82) is 0 Å². The van der Waals surface area contributed by atoms with Crippen molar-refractivity contribution in [1.82, 2.24) is 34.7 Å². The second-order valence-corrected chi connectivity index (χ2v) is 14.2. The molecule has 0 aliphatic carbocycles. The van der Waals surface area contributed by atoms with Gasteiger partial charge in [0.2, 0.25) is 0 Å². The third-order valence-electron chi connectivity index (χ3n) is 11.0. The number of halogens is 3. The summed E-state index contributed by atoms with van der Waals surface area (Å²) in [7, 11) is 2.11. The zero-order valence-corrected chi connectivity index (χ0v) is 28.8. The first-order chi connectivity index (χ1) is 24.5. The molecule has 51 heavy (non-hydrogen) atoms. The minimum Gasteiger partial charge on any atom is -0.436 e. The maximum atomic E-state index is 14.1. The molecule has 5 heterocycles. The zero-order chi connectivity index (χ0) is 35.7. The first kappa shape index (κ1) is 35.1. The molecule has 274 valence electrons. The quantitative estimate of drug-likeness (QED) is 0.389. The first-order valence-corrected chi connectivity index (χ1v) is 17.9. The number of anilines is 1. The summed E-state index contributed by atoms with van der Waals surface area (Å²) in [5, 5.41) is 9.48. The van der Waals surface area contributed by atoms with E-state index in [1.54, 1.807) is 11.0 Å². The molecular formula is C36H45F3N8O4. The van der Waals surface area contributed by atoms with Crippen LogP contribution in [-0.4, -0.2) is 137 Å². The number of aromatic amines is 1. The maximum absolute atomic E-state index is 14.1. The van der Waals surface area contributed by atoms with Gasteiger partial charge in [0.1, 0.15) is 0 Å². The van der Waals surface area contributed by atoms with Gasteiger partial charge in [0.15, 0.2) is 6.10 Å². The van der Waals surface area contributed by atoms with E-state index in [1.807, 2.05) is 29.2 Å². The first-order valence-electron chi connectivity index (χ1n) is 17.9. The maximum Gasteiger partial charge on any atom is 0.418 e. The zero-order valence-electron chi connectivity index (χ0n) is 28.8. The number of fused-ring (bicyclic) bond motifs is 2. The Kier molecular flexibility index (Phi) is 10.1. The van der Waals surface area contributed by atoms with E-state index in [0.29, 0.717) is 58.0 Å². The van der Waals surface area contributed by atoms with Crippen LogP contribution in [0.15, 0.2) is 42.6 Å². The third kappa shape index (κ3) is 7.78. The normalized spacial score (nSPS) is 20.9. The number of hydrogen-bond acceptors (Lipinski definition) is 7. The van der Waals surface area contributed by atoms with E-state index < -0.39 is 29.8 Å². The molecule has 15 heteroatoms. The lowest BCUT2D eigenvalue weighted by Gasteiger charge is -2.42. The number of ether oxygens (including phenoxy) is 1. The average molecular weight is 711 g/mol. The van der Waals surface area contributed by atoms with Gasteiger partial charge >= 0.3 is 18.3 Å². The van der Waals surface area contributed by atoms with Gasteiger partial charge in [-0.05, 0) is 68.5 Å². The van der Waals surface area contributed by atoms with Crippen molar-refractivity contribution in [3.8, 4) is 0 Å². The number of likely N-dealkylation sites (N-methyl/N-ethyl adjacent to an activating group) is 1. The van der Waals surface area contributed by atoms with Crippen molar-refractivity contribution in [3.63, 3.8) is 0 Å². The highest BCUT2D eigenvalue weighted by molar-refractivity contribution is 5.91. The highest BCUT2D eigenvalue weighted by Crippen LogP contribution is 2.35. The summed E-state index contributed by atoms with van der Waals surface area (Å²) in [6, 6.07) is 10.4. The van der Waals surface area contributed by atoms with Gasteiger partial charge in [-0.3, -0.25) is 14.8 Å². The number of likely N-dealkylation sites (tertiary alicyclic amines) is 2. The topological polar surface area (TPSA) is 117 Å². The lowest BCUT2D eigenvalue weighted by Crippen LogP contribution is -2.54. The number of amides is 4. The van der Waals surface area contributed by atoms with Crippen molar-refractivity contribution in [2.75, 3.05) is 71.3 Å². The van der Waals surface area contributed by atoms with Gasteiger partial charge in [-0.25, -0.2) is 9.59 Å². The van der Waals surface area contributed by atoms with Crippen LogP contribution in [0.5, 0.6) is 0 Å². The lowest BCUT2D eigenvalue weighted by atomic mass is 9.99. The summed E-state index contributed by atoms with van der Waals surface area (Å²) >= 11 is 0. The van der Waals surface area contributed by atoms with Crippen molar-refractivity contribution in [2.45, 2.75) is 62.9 Å². The fourth-order valence-corrected chi connectivity index (χ4v) is 7.99. The Morgan fingerprint density at radius 3 is 2.33 bits per heavy atom. The Balaban J connectivity index is 1.03. The molecule has 2 N–H and O–H groups in total. The number of nitrogens with zero attached hydrogens (tertiary/aromatic N) is 6. The van der Waals surface area contributed by atoms with E-state index >= 15 is 0 Å². The number of carbonyl (C=O) groups is 3. The number of alkyl halides is 3. The van der Waals surface area contributed by atoms with E-state index in [4.69, 9.17) is 4.74 Å². The fraction of sp³-hybridized carbons (Fsp3) is 0.556. The summed E-state index contributed by atoms with van der Waals surface area (Å²) in [6.45, 7) is 6.08. The average Bonchev–Trinajstić information content (AvgIpc) is 3.53. The van der Waals surface area contributed by atoms with Crippen molar-refractivity contribution in [2.24, 2.45) is 0 Å². The number of carbonyl (C=O) groups excluding carboxylic acids is 3. The van der Waals surface area contributed by atoms with Crippen LogP contribution in [0.25, 0.3) is 10.9 Å². The lowest BCUT2D eigenvalue weighted by molar-refractivity contribution is -0.142. The van der Waals surface area contributed by atoms with Crippen LogP contribution in [-0.2, 0) is 28.5 Å². The van der Waals surface area contributed by atoms with Gasteiger partial charge in [0, 0.05) is 88.5 Å². The van der Waals surface area contributed by atoms with Gasteiger partial charge in [-0.2, -0.15) is 18.3 Å². The van der Waals surface area contributed by atoms with Crippen LogP contribution in [0, 0.1) is 0 Å². The molecule has 0 spiro atoms. The molecule has 1 aromatic heterocycles. The van der Waals surface area contributed by atoms with Gasteiger partial charge in [0.25, 0.3) is 5.91 Å². The Hall–Kier alpha value is -4.37. The number of urea groups is 1. The van der Waals surface area contributed by atoms with Gasteiger partial charge in [0.05, 0.1) is 17.3 Å². The van der Waals surface area contributed by atoms with Gasteiger partial charge in [-0.15, -0.1) is 0 Å². The molecule has 0 bridgehead atoms. The molecule has 4 aliphatic rings. The number of benzene rings is 2. The van der Waals surface area contributed by atoms with Gasteiger partial charge < -0.3 is 29.7 Å². The van der Waals surface area contributed by atoms with Crippen molar-refractivity contribution in [3.05, 3.63) is 59.3 Å². The van der Waals surface area contributed by atoms with Crippen LogP contribution in [0.1, 0.15) is 42.4 Å². The summed E-state index contributed by atoms with van der Waals surface area (Å²) in [6.07, 6.45) is -2.22. The second kappa shape index (κ2) is 14.7. The predicted molar refractivity (Wildman–Crippen MR) is 184 cm³/mol. The molecule has 12 nitrogen and oxygen atoms in total. The van der Waals surface area contributed by atoms with Gasteiger partial charge in [-0.1, -0.05) is 18.2 Å². The SMILES string of the molecule is CN1CCN(C2CCN(C(=O)[C@@H](Cc3cc(C(F)(F)F)c4[nH]ncc4c3)OC(=O)N3CCC(N4CCc5ccccc5NC4=O)CC3)CC2)CC1. The largest absolute Gasteiger partial charge is 0.436 e. The Labute approximate surface area is 294 Å².